The first-order valence-electron chi connectivity index (χ1n) is 13.8. The van der Waals surface area contributed by atoms with Gasteiger partial charge in [-0.3, -0.25) is 4.79 Å². The summed E-state index contributed by atoms with van der Waals surface area (Å²) in [6.07, 6.45) is 5.94. The van der Waals surface area contributed by atoms with Gasteiger partial charge in [-0.05, 0) is 61.1 Å². The number of hydrogen-bond donors (Lipinski definition) is 3. The third-order valence-corrected chi connectivity index (χ3v) is 7.99. The van der Waals surface area contributed by atoms with Crippen molar-refractivity contribution < 1.29 is 31.2 Å². The molecule has 9 nitrogen and oxygen atoms in total. The molecule has 1 aromatic heterocycles. The summed E-state index contributed by atoms with van der Waals surface area (Å²) in [5, 5.41) is 3.13. The molecule has 1 atom stereocenters. The molecule has 0 spiro atoms. The molecular formula is C30H40Cl2N6O3. The molecule has 0 radical (unpaired) electrons. The Labute approximate surface area is 253 Å². The number of piperidine rings is 1. The Morgan fingerprint density at radius 3 is 2.12 bits per heavy atom. The lowest BCUT2D eigenvalue weighted by Gasteiger charge is -2.45. The van der Waals surface area contributed by atoms with Gasteiger partial charge in [0.2, 0.25) is 0 Å². The highest BCUT2D eigenvalue weighted by Gasteiger charge is 2.35. The molecule has 1 aliphatic rings. The quantitative estimate of drug-likeness (QED) is 0.267. The Kier molecular flexibility index (Phi) is 11.9. The summed E-state index contributed by atoms with van der Waals surface area (Å²) in [6.45, 7) is 3.98. The summed E-state index contributed by atoms with van der Waals surface area (Å²) < 4.78 is 11.8. The van der Waals surface area contributed by atoms with E-state index in [0.29, 0.717) is 0 Å². The molecule has 1 fully saturated rings. The average molecular weight is 604 g/mol. The smallest absolute Gasteiger partial charge is 0.274 e. The number of carbonyl (C=O) groups excluding carboxylic acids is 1. The molecule has 2 aromatic carbocycles. The standard InChI is InChI=1S/C30H39ClN6O3.ClH/c1-39-24-13-3-8-21(18-24)10-5-15-37(16-6-11-22-9-4-14-25(19-22)40-2)17-7-12-23(20-37)34-30(38)26-28(32)36-29(33)27(31)35-26;/h3-4,8-9,13-14,18-19,23H,5-7,10-12,15-17,20H2,1-2H3,(H4-,32,33,34,36,38);1H. The van der Waals surface area contributed by atoms with Crippen molar-refractivity contribution in [1.82, 2.24) is 15.3 Å². The maximum absolute atomic E-state index is 13.1. The summed E-state index contributed by atoms with van der Waals surface area (Å²) in [5.74, 6) is 1.38. The first kappa shape index (κ1) is 32.2. The van der Waals surface area contributed by atoms with Gasteiger partial charge < -0.3 is 43.1 Å². The van der Waals surface area contributed by atoms with Crippen molar-refractivity contribution in [1.29, 1.82) is 0 Å². The number of hydrogen-bond acceptors (Lipinski definition) is 7. The number of rotatable bonds is 12. The number of nitrogen functional groups attached to an aromatic ring is 2. The van der Waals surface area contributed by atoms with Crippen molar-refractivity contribution >= 4 is 29.1 Å². The fourth-order valence-corrected chi connectivity index (χ4v) is 5.84. The van der Waals surface area contributed by atoms with Crippen molar-refractivity contribution in [2.24, 2.45) is 0 Å². The Hall–Kier alpha value is -3.27. The molecule has 0 bridgehead atoms. The van der Waals surface area contributed by atoms with Crippen LogP contribution in [0.4, 0.5) is 11.6 Å². The highest BCUT2D eigenvalue weighted by atomic mass is 35.5. The number of aromatic nitrogens is 2. The second kappa shape index (κ2) is 15.1. The zero-order chi connectivity index (χ0) is 28.5. The topological polar surface area (TPSA) is 125 Å². The van der Waals surface area contributed by atoms with Gasteiger partial charge in [-0.25, -0.2) is 9.97 Å². The Morgan fingerprint density at radius 1 is 0.976 bits per heavy atom. The van der Waals surface area contributed by atoms with Crippen molar-refractivity contribution in [3.8, 4) is 11.5 Å². The van der Waals surface area contributed by atoms with Gasteiger partial charge in [0.15, 0.2) is 22.5 Å². The number of nitrogens with zero attached hydrogens (tertiary/aromatic N) is 3. The van der Waals surface area contributed by atoms with Crippen LogP contribution in [0.15, 0.2) is 48.5 Å². The monoisotopic (exact) mass is 602 g/mol. The molecule has 1 amide bonds. The van der Waals surface area contributed by atoms with Crippen LogP contribution in [0.25, 0.3) is 0 Å². The third-order valence-electron chi connectivity index (χ3n) is 7.71. The normalized spacial score (nSPS) is 15.9. The highest BCUT2D eigenvalue weighted by Crippen LogP contribution is 2.25. The van der Waals surface area contributed by atoms with Gasteiger partial charge >= 0.3 is 0 Å². The van der Waals surface area contributed by atoms with Crippen LogP contribution < -0.4 is 38.7 Å². The summed E-state index contributed by atoms with van der Waals surface area (Å²) in [5.41, 5.74) is 14.2. The SMILES string of the molecule is COc1cccc(CCC[N+]2(CCCc3cccc(OC)c3)CCCC(NC(=O)c3nc(Cl)c(N)nc3N)C2)c1.[Cl-]. The van der Waals surface area contributed by atoms with Crippen LogP contribution in [0.1, 0.15) is 47.3 Å². The van der Waals surface area contributed by atoms with Gasteiger partial charge in [-0.1, -0.05) is 35.9 Å². The number of anilines is 2. The molecule has 11 heteroatoms. The Balaban J connectivity index is 0.00000462. The predicted molar refractivity (Wildman–Crippen MR) is 159 cm³/mol. The number of ether oxygens (including phenoxy) is 2. The van der Waals surface area contributed by atoms with Crippen LogP contribution in [0.3, 0.4) is 0 Å². The van der Waals surface area contributed by atoms with Crippen molar-refractivity contribution in [2.75, 3.05) is 51.9 Å². The van der Waals surface area contributed by atoms with Crippen LogP contribution >= 0.6 is 11.6 Å². The summed E-state index contributed by atoms with van der Waals surface area (Å²) in [6, 6.07) is 16.5. The maximum Gasteiger partial charge on any atom is 0.274 e. The number of amides is 1. The van der Waals surface area contributed by atoms with Crippen molar-refractivity contribution in [3.05, 3.63) is 70.5 Å². The fraction of sp³-hybridized carbons (Fsp3) is 0.433. The minimum absolute atomic E-state index is 0. The van der Waals surface area contributed by atoms with E-state index >= 15 is 0 Å². The molecule has 0 saturated carbocycles. The van der Waals surface area contributed by atoms with Crippen LogP contribution in [-0.4, -0.2) is 66.8 Å². The molecule has 0 aliphatic carbocycles. The lowest BCUT2D eigenvalue weighted by molar-refractivity contribution is -0.933. The molecular weight excluding hydrogens is 563 g/mol. The molecule has 5 N–H and O–H groups in total. The molecule has 1 unspecified atom stereocenters. The van der Waals surface area contributed by atoms with Crippen LogP contribution in [0, 0.1) is 0 Å². The van der Waals surface area contributed by atoms with Gasteiger partial charge in [-0.2, -0.15) is 0 Å². The van der Waals surface area contributed by atoms with Gasteiger partial charge in [-0.15, -0.1) is 0 Å². The summed E-state index contributed by atoms with van der Waals surface area (Å²) in [7, 11) is 3.39. The summed E-state index contributed by atoms with van der Waals surface area (Å²) >= 11 is 6.02. The van der Waals surface area contributed by atoms with E-state index < -0.39 is 0 Å². The van der Waals surface area contributed by atoms with Gasteiger partial charge in [0, 0.05) is 12.8 Å². The highest BCUT2D eigenvalue weighted by molar-refractivity contribution is 6.31. The predicted octanol–water partition coefficient (Wildman–Crippen LogP) is 1.29. The fourth-order valence-electron chi connectivity index (χ4n) is 5.71. The van der Waals surface area contributed by atoms with E-state index in [2.05, 4.69) is 39.6 Å². The van der Waals surface area contributed by atoms with Crippen molar-refractivity contribution in [2.45, 2.75) is 44.6 Å². The number of nitrogens with two attached hydrogens (primary N) is 2. The molecule has 4 rings (SSSR count). The van der Waals surface area contributed by atoms with E-state index in [1.807, 2.05) is 24.3 Å². The van der Waals surface area contributed by atoms with Gasteiger partial charge in [0.25, 0.3) is 5.91 Å². The molecule has 2 heterocycles. The number of aryl methyl sites for hydroxylation is 2. The summed E-state index contributed by atoms with van der Waals surface area (Å²) in [4.78, 5) is 21.1. The van der Waals surface area contributed by atoms with Crippen LogP contribution in [-0.2, 0) is 12.8 Å². The zero-order valence-electron chi connectivity index (χ0n) is 23.7. The Morgan fingerprint density at radius 2 is 1.56 bits per heavy atom. The van der Waals surface area contributed by atoms with E-state index in [4.69, 9.17) is 32.5 Å². The molecule has 3 aromatic rings. The van der Waals surface area contributed by atoms with E-state index in [0.717, 1.165) is 80.7 Å². The number of benzene rings is 2. The number of likely N-dealkylation sites (tertiary alicyclic amines) is 1. The number of nitrogens with one attached hydrogen (secondary N) is 1. The third kappa shape index (κ3) is 8.86. The average Bonchev–Trinajstić information content (AvgIpc) is 2.95. The maximum atomic E-state index is 13.1. The van der Waals surface area contributed by atoms with Crippen molar-refractivity contribution in [3.63, 3.8) is 0 Å². The second-order valence-corrected chi connectivity index (χ2v) is 10.9. The van der Waals surface area contributed by atoms with E-state index in [1.54, 1.807) is 14.2 Å². The number of carbonyl (C=O) groups is 1. The lowest BCUT2D eigenvalue weighted by atomic mass is 9.99. The number of methoxy groups -OCH3 is 2. The second-order valence-electron chi connectivity index (χ2n) is 10.6. The minimum Gasteiger partial charge on any atom is -1.00 e. The zero-order valence-corrected chi connectivity index (χ0v) is 25.3. The van der Waals surface area contributed by atoms with E-state index in [-0.39, 0.29) is 46.8 Å². The van der Waals surface area contributed by atoms with Gasteiger partial charge in [0.1, 0.15) is 11.5 Å². The Bertz CT molecular complexity index is 1260. The molecule has 222 valence electrons. The molecule has 1 aliphatic heterocycles. The molecule has 41 heavy (non-hydrogen) atoms. The van der Waals surface area contributed by atoms with Gasteiger partial charge in [0.05, 0.1) is 46.4 Å². The largest absolute Gasteiger partial charge is 1.00 e. The number of quaternary nitrogens is 1. The van der Waals surface area contributed by atoms with E-state index in [1.165, 1.54) is 11.1 Å². The minimum atomic E-state index is -0.371. The van der Waals surface area contributed by atoms with Crippen LogP contribution in [0.5, 0.6) is 11.5 Å². The van der Waals surface area contributed by atoms with E-state index in [9.17, 15) is 4.79 Å². The van der Waals surface area contributed by atoms with Crippen LogP contribution in [0.2, 0.25) is 5.15 Å². The first-order valence-corrected chi connectivity index (χ1v) is 14.2. The first-order chi connectivity index (χ1) is 19.3. The lowest BCUT2D eigenvalue weighted by Crippen LogP contribution is -3.00. The number of halogens is 2. The molecule has 1 saturated heterocycles.